The van der Waals surface area contributed by atoms with Crippen molar-refractivity contribution in [1.82, 2.24) is 0 Å². The quantitative estimate of drug-likeness (QED) is 0.744. The van der Waals surface area contributed by atoms with Crippen LogP contribution in [0.15, 0.2) is 18.2 Å². The molecule has 0 aromatic heterocycles. The molecule has 2 atom stereocenters. The Bertz CT molecular complexity index is 424. The Hall–Kier alpha value is -0.280. The fraction of sp³-hybridized carbons (Fsp3) is 0.600. The molecule has 1 fully saturated rings. The predicted molar refractivity (Wildman–Crippen MR) is 78.8 cm³/mol. The topological polar surface area (TPSA) is 18.5 Å². The van der Waals surface area contributed by atoms with Crippen LogP contribution < -0.4 is 0 Å². The van der Waals surface area contributed by atoms with Gasteiger partial charge < -0.3 is 9.47 Å². The molecule has 0 amide bonds. The van der Waals surface area contributed by atoms with Gasteiger partial charge in [0.05, 0.1) is 6.10 Å². The molecular formula is C15H20Cl2O2. The Morgan fingerprint density at radius 3 is 2.11 bits per heavy atom. The third-order valence-electron chi connectivity index (χ3n) is 3.81. The van der Waals surface area contributed by atoms with E-state index in [1.54, 1.807) is 0 Å². The molecule has 2 rings (SSSR count). The van der Waals surface area contributed by atoms with Gasteiger partial charge in [0.15, 0.2) is 5.79 Å². The average Bonchev–Trinajstić information content (AvgIpc) is 2.78. The summed E-state index contributed by atoms with van der Waals surface area (Å²) < 4.78 is 12.3. The van der Waals surface area contributed by atoms with Crippen molar-refractivity contribution in [3.8, 4) is 0 Å². The lowest BCUT2D eigenvalue weighted by atomic mass is 10.0. The van der Waals surface area contributed by atoms with Gasteiger partial charge in [-0.1, -0.05) is 50.0 Å². The number of hydrogen-bond donors (Lipinski definition) is 0. The Morgan fingerprint density at radius 2 is 1.63 bits per heavy atom. The van der Waals surface area contributed by atoms with E-state index in [1.165, 1.54) is 0 Å². The second-order valence-electron chi connectivity index (χ2n) is 4.86. The van der Waals surface area contributed by atoms with Gasteiger partial charge in [-0.15, -0.1) is 0 Å². The largest absolute Gasteiger partial charge is 0.344 e. The standard InChI is InChI=1S/C15H20Cl2O2/c1-4-12-14(19-15(5-2,6-3)18-12)13-10(16)8-7-9-11(13)17/h7-9,12,14H,4-6H2,1-3H3/t12-,14-/m1/s1. The van der Waals surface area contributed by atoms with E-state index in [-0.39, 0.29) is 12.2 Å². The highest BCUT2D eigenvalue weighted by Crippen LogP contribution is 2.46. The first-order chi connectivity index (χ1) is 9.06. The molecule has 1 aromatic carbocycles. The molecule has 0 bridgehead atoms. The van der Waals surface area contributed by atoms with Crippen LogP contribution >= 0.6 is 23.2 Å². The molecule has 0 spiro atoms. The maximum absolute atomic E-state index is 6.29. The first-order valence-electron chi connectivity index (χ1n) is 6.86. The number of rotatable bonds is 4. The molecule has 0 aliphatic carbocycles. The molecule has 1 saturated heterocycles. The molecule has 4 heteroatoms. The van der Waals surface area contributed by atoms with Crippen molar-refractivity contribution in [3.05, 3.63) is 33.8 Å². The maximum Gasteiger partial charge on any atom is 0.169 e. The van der Waals surface area contributed by atoms with E-state index in [4.69, 9.17) is 32.7 Å². The van der Waals surface area contributed by atoms with Crippen molar-refractivity contribution in [3.63, 3.8) is 0 Å². The summed E-state index contributed by atoms with van der Waals surface area (Å²) in [5.74, 6) is -0.506. The van der Waals surface area contributed by atoms with E-state index in [0.717, 1.165) is 24.8 Å². The van der Waals surface area contributed by atoms with Gasteiger partial charge in [0.2, 0.25) is 0 Å². The number of ether oxygens (including phenoxy) is 2. The molecule has 0 unspecified atom stereocenters. The molecule has 1 aromatic rings. The fourth-order valence-electron chi connectivity index (χ4n) is 2.58. The van der Waals surface area contributed by atoms with Gasteiger partial charge in [0.25, 0.3) is 0 Å². The Balaban J connectivity index is 2.38. The second kappa shape index (κ2) is 6.01. The third kappa shape index (κ3) is 2.78. The smallest absolute Gasteiger partial charge is 0.169 e. The summed E-state index contributed by atoms with van der Waals surface area (Å²) in [4.78, 5) is 0. The van der Waals surface area contributed by atoms with Gasteiger partial charge in [-0.2, -0.15) is 0 Å². The number of halogens is 2. The lowest BCUT2D eigenvalue weighted by molar-refractivity contribution is -0.179. The van der Waals surface area contributed by atoms with Crippen molar-refractivity contribution in [2.75, 3.05) is 0 Å². The molecular weight excluding hydrogens is 283 g/mol. The van der Waals surface area contributed by atoms with Gasteiger partial charge in [0.1, 0.15) is 6.10 Å². The highest BCUT2D eigenvalue weighted by molar-refractivity contribution is 6.36. The van der Waals surface area contributed by atoms with E-state index >= 15 is 0 Å². The maximum atomic E-state index is 6.29. The van der Waals surface area contributed by atoms with E-state index in [1.807, 2.05) is 18.2 Å². The van der Waals surface area contributed by atoms with Crippen LogP contribution in [0.5, 0.6) is 0 Å². The van der Waals surface area contributed by atoms with Crippen LogP contribution in [0.2, 0.25) is 10.0 Å². The highest BCUT2D eigenvalue weighted by atomic mass is 35.5. The van der Waals surface area contributed by atoms with E-state index in [2.05, 4.69) is 20.8 Å². The summed E-state index contributed by atoms with van der Waals surface area (Å²) in [5.41, 5.74) is 0.849. The van der Waals surface area contributed by atoms with Gasteiger partial charge in [-0.3, -0.25) is 0 Å². The SMILES string of the molecule is CC[C@H]1OC(CC)(CC)O[C@H]1c1c(Cl)cccc1Cl. The summed E-state index contributed by atoms with van der Waals surface area (Å²) in [7, 11) is 0. The zero-order valence-electron chi connectivity index (χ0n) is 11.6. The summed E-state index contributed by atoms with van der Waals surface area (Å²) in [6.07, 6.45) is 2.31. The number of hydrogen-bond acceptors (Lipinski definition) is 2. The molecule has 1 aliphatic rings. The highest BCUT2D eigenvalue weighted by Gasteiger charge is 2.46. The minimum absolute atomic E-state index is 0.00250. The van der Waals surface area contributed by atoms with E-state index in [0.29, 0.717) is 10.0 Å². The van der Waals surface area contributed by atoms with Gasteiger partial charge in [0, 0.05) is 15.6 Å². The first kappa shape index (κ1) is 15.1. The van der Waals surface area contributed by atoms with Crippen molar-refractivity contribution >= 4 is 23.2 Å². The predicted octanol–water partition coefficient (Wildman–Crippen LogP) is 5.38. The number of benzene rings is 1. The lowest BCUT2D eigenvalue weighted by Gasteiger charge is -2.25. The molecule has 0 N–H and O–H groups in total. The molecule has 1 heterocycles. The Kier molecular flexibility index (Phi) is 4.78. The van der Waals surface area contributed by atoms with Crippen molar-refractivity contribution in [2.45, 2.75) is 58.0 Å². The summed E-state index contributed by atoms with van der Waals surface area (Å²) in [6, 6.07) is 5.53. The zero-order valence-corrected chi connectivity index (χ0v) is 13.1. The Labute approximate surface area is 125 Å². The van der Waals surface area contributed by atoms with Crippen molar-refractivity contribution in [1.29, 1.82) is 0 Å². The summed E-state index contributed by atoms with van der Waals surface area (Å²) in [5, 5.41) is 1.28. The molecule has 2 nitrogen and oxygen atoms in total. The molecule has 0 radical (unpaired) electrons. The monoisotopic (exact) mass is 302 g/mol. The molecule has 106 valence electrons. The summed E-state index contributed by atoms with van der Waals surface area (Å²) >= 11 is 12.6. The van der Waals surface area contributed by atoms with E-state index in [9.17, 15) is 0 Å². The van der Waals surface area contributed by atoms with Crippen molar-refractivity contribution in [2.24, 2.45) is 0 Å². The van der Waals surface area contributed by atoms with Gasteiger partial charge >= 0.3 is 0 Å². The first-order valence-corrected chi connectivity index (χ1v) is 7.62. The average molecular weight is 303 g/mol. The van der Waals surface area contributed by atoms with Gasteiger partial charge in [-0.25, -0.2) is 0 Å². The van der Waals surface area contributed by atoms with Crippen LogP contribution in [-0.4, -0.2) is 11.9 Å². The van der Waals surface area contributed by atoms with Crippen LogP contribution in [0.3, 0.4) is 0 Å². The normalized spacial score (nSPS) is 25.7. The van der Waals surface area contributed by atoms with Crippen LogP contribution in [0.1, 0.15) is 51.7 Å². The minimum atomic E-state index is -0.506. The molecule has 1 aliphatic heterocycles. The fourth-order valence-corrected chi connectivity index (χ4v) is 3.19. The summed E-state index contributed by atoms with van der Waals surface area (Å²) in [6.45, 7) is 6.24. The van der Waals surface area contributed by atoms with Gasteiger partial charge in [-0.05, 0) is 31.4 Å². The molecule has 0 saturated carbocycles. The van der Waals surface area contributed by atoms with Crippen LogP contribution in [0.4, 0.5) is 0 Å². The van der Waals surface area contributed by atoms with E-state index < -0.39 is 5.79 Å². The van der Waals surface area contributed by atoms with Crippen LogP contribution in [0.25, 0.3) is 0 Å². The van der Waals surface area contributed by atoms with Crippen LogP contribution in [0, 0.1) is 0 Å². The third-order valence-corrected chi connectivity index (χ3v) is 4.47. The zero-order chi connectivity index (χ0) is 14.0. The van der Waals surface area contributed by atoms with Crippen molar-refractivity contribution < 1.29 is 9.47 Å². The Morgan fingerprint density at radius 1 is 1.05 bits per heavy atom. The lowest BCUT2D eigenvalue weighted by Crippen LogP contribution is -2.28. The van der Waals surface area contributed by atoms with Crippen LogP contribution in [-0.2, 0) is 9.47 Å². The second-order valence-corrected chi connectivity index (χ2v) is 5.67. The minimum Gasteiger partial charge on any atom is -0.344 e. The molecule has 19 heavy (non-hydrogen) atoms.